The van der Waals surface area contributed by atoms with Crippen LogP contribution in [0.25, 0.3) is 5.69 Å². The molecule has 0 aliphatic carbocycles. The number of nitrogens with zero attached hydrogens (tertiary/aromatic N) is 5. The van der Waals surface area contributed by atoms with Crippen molar-refractivity contribution in [3.05, 3.63) is 59.9 Å². The average molecular weight is 407 g/mol. The molecular weight excluding hydrogens is 392 g/mol. The third-order valence-corrected chi connectivity index (χ3v) is 5.72. The van der Waals surface area contributed by atoms with Crippen LogP contribution in [-0.4, -0.2) is 52.4 Å². The zero-order chi connectivity index (χ0) is 19.4. The highest BCUT2D eigenvalue weighted by atomic mass is 35.5. The number of carbonyl (C=O) groups is 1. The van der Waals surface area contributed by atoms with Gasteiger partial charge < -0.3 is 5.32 Å². The van der Waals surface area contributed by atoms with E-state index in [0.717, 1.165) is 9.99 Å². The number of tetrazole rings is 1. The van der Waals surface area contributed by atoms with E-state index in [1.807, 2.05) is 0 Å². The zero-order valence-corrected chi connectivity index (χ0v) is 15.7. The summed E-state index contributed by atoms with van der Waals surface area (Å²) in [6.07, 6.45) is 1.45. The quantitative estimate of drug-likeness (QED) is 0.665. The summed E-state index contributed by atoms with van der Waals surface area (Å²) in [6, 6.07) is 12.5. The van der Waals surface area contributed by atoms with Crippen LogP contribution in [0.5, 0.6) is 0 Å². The first-order chi connectivity index (χ1) is 12.9. The van der Waals surface area contributed by atoms with Gasteiger partial charge in [0.05, 0.1) is 17.1 Å². The summed E-state index contributed by atoms with van der Waals surface area (Å²) in [5.41, 5.74) is 1.24. The van der Waals surface area contributed by atoms with E-state index in [2.05, 4.69) is 20.8 Å². The molecule has 3 aromatic rings. The van der Waals surface area contributed by atoms with Crippen molar-refractivity contribution in [3.8, 4) is 5.69 Å². The normalized spacial score (nSPS) is 11.5. The molecule has 0 saturated carbocycles. The average Bonchev–Trinajstić information content (AvgIpc) is 3.17. The summed E-state index contributed by atoms with van der Waals surface area (Å²) < 4.78 is 27.4. The van der Waals surface area contributed by atoms with Crippen LogP contribution >= 0.6 is 11.6 Å². The number of hydrogen-bond acceptors (Lipinski definition) is 6. The second kappa shape index (κ2) is 7.82. The Balaban J connectivity index is 1.64. The van der Waals surface area contributed by atoms with Gasteiger partial charge in [0.1, 0.15) is 6.33 Å². The molecule has 27 heavy (non-hydrogen) atoms. The minimum absolute atomic E-state index is 0.0630. The maximum absolute atomic E-state index is 12.5. The third-order valence-electron chi connectivity index (χ3n) is 3.65. The molecular formula is C16H15ClN6O3S. The number of benzene rings is 2. The molecule has 1 amide bonds. The van der Waals surface area contributed by atoms with Gasteiger partial charge in [-0.05, 0) is 59.0 Å². The van der Waals surface area contributed by atoms with Crippen molar-refractivity contribution in [2.24, 2.45) is 0 Å². The number of nitrogens with one attached hydrogen (secondary N) is 1. The molecule has 1 aromatic heterocycles. The summed E-state index contributed by atoms with van der Waals surface area (Å²) in [4.78, 5) is 12.3. The van der Waals surface area contributed by atoms with Gasteiger partial charge in [0, 0.05) is 17.8 Å². The summed E-state index contributed by atoms with van der Waals surface area (Å²) in [7, 11) is -2.45. The molecule has 0 aliphatic rings. The predicted octanol–water partition coefficient (Wildman–Crippen LogP) is 1.57. The lowest BCUT2D eigenvalue weighted by molar-refractivity contribution is -0.116. The third kappa shape index (κ3) is 4.48. The Morgan fingerprint density at radius 2 is 1.81 bits per heavy atom. The van der Waals surface area contributed by atoms with E-state index < -0.39 is 15.9 Å². The van der Waals surface area contributed by atoms with Gasteiger partial charge in [-0.25, -0.2) is 13.1 Å². The van der Waals surface area contributed by atoms with Crippen molar-refractivity contribution in [2.45, 2.75) is 4.90 Å². The highest BCUT2D eigenvalue weighted by molar-refractivity contribution is 7.89. The van der Waals surface area contributed by atoms with Crippen LogP contribution in [0.1, 0.15) is 0 Å². The molecule has 3 rings (SSSR count). The lowest BCUT2D eigenvalue weighted by Crippen LogP contribution is -2.34. The van der Waals surface area contributed by atoms with E-state index in [0.29, 0.717) is 10.7 Å². The van der Waals surface area contributed by atoms with Gasteiger partial charge in [0.25, 0.3) is 0 Å². The standard InChI is InChI=1S/C16H15ClN6O3S/c1-22(27(25,26)15-8-2-12(17)3-9-15)10-16(24)19-13-4-6-14(7-5-13)23-11-18-20-21-23/h2-9,11H,10H2,1H3,(H,19,24). The minimum atomic E-state index is -3.79. The van der Waals surface area contributed by atoms with E-state index >= 15 is 0 Å². The Bertz CT molecular complexity index is 1020. The Hall–Kier alpha value is -2.82. The predicted molar refractivity (Wildman–Crippen MR) is 99.1 cm³/mol. The fourth-order valence-electron chi connectivity index (χ4n) is 2.25. The Morgan fingerprint density at radius 3 is 2.41 bits per heavy atom. The summed E-state index contributed by atoms with van der Waals surface area (Å²) in [5, 5.41) is 13.9. The number of aromatic nitrogens is 4. The molecule has 1 N–H and O–H groups in total. The lowest BCUT2D eigenvalue weighted by atomic mass is 10.3. The van der Waals surface area contributed by atoms with Gasteiger partial charge >= 0.3 is 0 Å². The van der Waals surface area contributed by atoms with Crippen molar-refractivity contribution in [3.63, 3.8) is 0 Å². The van der Waals surface area contributed by atoms with Crippen LogP contribution in [0.15, 0.2) is 59.8 Å². The number of carbonyl (C=O) groups excluding carboxylic acids is 1. The molecule has 0 bridgehead atoms. The number of rotatable bonds is 6. The Kier molecular flexibility index (Phi) is 5.49. The first-order valence-electron chi connectivity index (χ1n) is 7.71. The first-order valence-corrected chi connectivity index (χ1v) is 9.53. The molecule has 0 unspecified atom stereocenters. The van der Waals surface area contributed by atoms with Crippen molar-refractivity contribution in [2.75, 3.05) is 18.9 Å². The topological polar surface area (TPSA) is 110 Å². The van der Waals surface area contributed by atoms with E-state index in [1.54, 1.807) is 24.3 Å². The van der Waals surface area contributed by atoms with Crippen LogP contribution in [0.2, 0.25) is 5.02 Å². The van der Waals surface area contributed by atoms with Crippen LogP contribution < -0.4 is 5.32 Å². The summed E-state index contributed by atoms with van der Waals surface area (Å²) in [6.45, 7) is -0.334. The van der Waals surface area contributed by atoms with Crippen LogP contribution in [0.3, 0.4) is 0 Å². The molecule has 140 valence electrons. The van der Waals surface area contributed by atoms with Gasteiger partial charge in [-0.1, -0.05) is 11.6 Å². The smallest absolute Gasteiger partial charge is 0.243 e. The molecule has 11 heteroatoms. The van der Waals surface area contributed by atoms with Gasteiger partial charge in [-0.3, -0.25) is 4.79 Å². The minimum Gasteiger partial charge on any atom is -0.325 e. The van der Waals surface area contributed by atoms with Crippen molar-refractivity contribution in [1.82, 2.24) is 24.5 Å². The monoisotopic (exact) mass is 406 g/mol. The number of sulfonamides is 1. The fraction of sp³-hybridized carbons (Fsp3) is 0.125. The molecule has 0 spiro atoms. The van der Waals surface area contributed by atoms with Crippen LogP contribution in [0.4, 0.5) is 5.69 Å². The number of amides is 1. The second-order valence-corrected chi connectivity index (χ2v) is 8.05. The number of hydrogen-bond donors (Lipinski definition) is 1. The molecule has 0 fully saturated rings. The first kappa shape index (κ1) is 19.0. The molecule has 0 saturated heterocycles. The maximum Gasteiger partial charge on any atom is 0.243 e. The van der Waals surface area contributed by atoms with Crippen molar-refractivity contribution >= 4 is 33.2 Å². The van der Waals surface area contributed by atoms with Crippen LogP contribution in [-0.2, 0) is 14.8 Å². The molecule has 0 aliphatic heterocycles. The molecule has 1 heterocycles. The highest BCUT2D eigenvalue weighted by Crippen LogP contribution is 2.18. The Labute approximate surface area is 160 Å². The second-order valence-electron chi connectivity index (χ2n) is 5.56. The highest BCUT2D eigenvalue weighted by Gasteiger charge is 2.22. The van der Waals surface area contributed by atoms with Gasteiger partial charge in [-0.15, -0.1) is 5.10 Å². The van der Waals surface area contributed by atoms with Gasteiger partial charge in [-0.2, -0.15) is 4.31 Å². The Morgan fingerprint density at radius 1 is 1.15 bits per heavy atom. The summed E-state index contributed by atoms with van der Waals surface area (Å²) in [5.74, 6) is -0.467. The van der Waals surface area contributed by atoms with Crippen molar-refractivity contribution < 1.29 is 13.2 Å². The lowest BCUT2D eigenvalue weighted by Gasteiger charge is -2.17. The molecule has 0 radical (unpaired) electrons. The maximum atomic E-state index is 12.5. The number of likely N-dealkylation sites (N-methyl/N-ethyl adjacent to an activating group) is 1. The van der Waals surface area contributed by atoms with E-state index in [9.17, 15) is 13.2 Å². The van der Waals surface area contributed by atoms with E-state index in [-0.39, 0.29) is 11.4 Å². The largest absolute Gasteiger partial charge is 0.325 e. The van der Waals surface area contributed by atoms with Crippen molar-refractivity contribution in [1.29, 1.82) is 0 Å². The van der Waals surface area contributed by atoms with Crippen LogP contribution in [0, 0.1) is 0 Å². The SMILES string of the molecule is CN(CC(=O)Nc1ccc(-n2cnnn2)cc1)S(=O)(=O)c1ccc(Cl)cc1. The summed E-state index contributed by atoms with van der Waals surface area (Å²) >= 11 is 5.77. The van der Waals surface area contributed by atoms with E-state index in [4.69, 9.17) is 11.6 Å². The zero-order valence-electron chi connectivity index (χ0n) is 14.2. The molecule has 9 nitrogen and oxygen atoms in total. The fourth-order valence-corrected chi connectivity index (χ4v) is 3.50. The number of anilines is 1. The number of halogens is 1. The van der Waals surface area contributed by atoms with E-state index in [1.165, 1.54) is 42.3 Å². The van der Waals surface area contributed by atoms with Gasteiger partial charge in [0.2, 0.25) is 15.9 Å². The molecule has 2 aromatic carbocycles. The van der Waals surface area contributed by atoms with Gasteiger partial charge in [0.15, 0.2) is 0 Å². The molecule has 0 atom stereocenters.